The van der Waals surface area contributed by atoms with Crippen LogP contribution in [0.2, 0.25) is 0 Å². The van der Waals surface area contributed by atoms with E-state index in [9.17, 15) is 4.79 Å². The SMILES string of the molecule is NC(=O)c1ccc2cc(-c3ccn[nH]3)n(Cc3ccncc3)c2c1. The summed E-state index contributed by atoms with van der Waals surface area (Å²) in [5.74, 6) is -0.434. The van der Waals surface area contributed by atoms with Crippen molar-refractivity contribution in [2.24, 2.45) is 5.73 Å². The second-order valence-electron chi connectivity index (χ2n) is 5.58. The minimum Gasteiger partial charge on any atom is -0.366 e. The Morgan fingerprint density at radius 2 is 1.92 bits per heavy atom. The van der Waals surface area contributed by atoms with Crippen molar-refractivity contribution in [2.75, 3.05) is 0 Å². The van der Waals surface area contributed by atoms with Crippen LogP contribution in [0.3, 0.4) is 0 Å². The number of amides is 1. The van der Waals surface area contributed by atoms with Gasteiger partial charge in [0.2, 0.25) is 5.91 Å². The fraction of sp³-hybridized carbons (Fsp3) is 0.0556. The number of H-pyrrole nitrogens is 1. The summed E-state index contributed by atoms with van der Waals surface area (Å²) in [6.07, 6.45) is 5.26. The number of hydrogen-bond acceptors (Lipinski definition) is 3. The topological polar surface area (TPSA) is 89.6 Å². The predicted octanol–water partition coefficient (Wildman–Crippen LogP) is 2.57. The van der Waals surface area contributed by atoms with Gasteiger partial charge in [-0.1, -0.05) is 6.07 Å². The van der Waals surface area contributed by atoms with Gasteiger partial charge in [0.05, 0.1) is 11.4 Å². The summed E-state index contributed by atoms with van der Waals surface area (Å²) in [6, 6.07) is 13.4. The predicted molar refractivity (Wildman–Crippen MR) is 91.4 cm³/mol. The van der Waals surface area contributed by atoms with Crippen LogP contribution in [0.5, 0.6) is 0 Å². The number of benzene rings is 1. The van der Waals surface area contributed by atoms with Crippen LogP contribution in [-0.2, 0) is 6.54 Å². The maximum atomic E-state index is 11.5. The van der Waals surface area contributed by atoms with Gasteiger partial charge in [-0.25, -0.2) is 0 Å². The Hall–Kier alpha value is -3.41. The van der Waals surface area contributed by atoms with E-state index >= 15 is 0 Å². The van der Waals surface area contributed by atoms with Crippen molar-refractivity contribution in [1.82, 2.24) is 19.7 Å². The second-order valence-corrected chi connectivity index (χ2v) is 5.58. The third kappa shape index (κ3) is 2.44. The first-order valence-electron chi connectivity index (χ1n) is 7.54. The van der Waals surface area contributed by atoms with E-state index in [2.05, 4.69) is 25.8 Å². The first-order chi connectivity index (χ1) is 11.7. The molecule has 1 aromatic carbocycles. The fourth-order valence-corrected chi connectivity index (χ4v) is 2.87. The molecule has 118 valence electrons. The van der Waals surface area contributed by atoms with Gasteiger partial charge in [0.25, 0.3) is 0 Å². The zero-order valence-corrected chi connectivity index (χ0v) is 12.8. The number of carbonyl (C=O) groups is 1. The minimum absolute atomic E-state index is 0.434. The van der Waals surface area contributed by atoms with E-state index in [1.807, 2.05) is 30.3 Å². The number of rotatable bonds is 4. The van der Waals surface area contributed by atoms with E-state index in [1.54, 1.807) is 24.7 Å². The fourth-order valence-electron chi connectivity index (χ4n) is 2.87. The Bertz CT molecular complexity index is 1000. The van der Waals surface area contributed by atoms with Crippen molar-refractivity contribution >= 4 is 16.8 Å². The standard InChI is InChI=1S/C18H15N5O/c19-18(24)14-2-1-13-9-17(15-5-8-21-22-15)23(16(13)10-14)11-12-3-6-20-7-4-12/h1-10H,11H2,(H2,19,24)(H,21,22). The molecule has 6 heteroatoms. The molecule has 4 aromatic rings. The molecule has 3 aromatic heterocycles. The van der Waals surface area contributed by atoms with Crippen molar-refractivity contribution in [3.05, 3.63) is 72.2 Å². The van der Waals surface area contributed by atoms with Crippen molar-refractivity contribution in [3.63, 3.8) is 0 Å². The highest BCUT2D eigenvalue weighted by Crippen LogP contribution is 2.28. The van der Waals surface area contributed by atoms with Crippen LogP contribution in [0, 0.1) is 0 Å². The summed E-state index contributed by atoms with van der Waals surface area (Å²) in [5.41, 5.74) is 9.92. The van der Waals surface area contributed by atoms with Crippen molar-refractivity contribution in [1.29, 1.82) is 0 Å². The number of primary amides is 1. The van der Waals surface area contributed by atoms with Crippen molar-refractivity contribution in [3.8, 4) is 11.4 Å². The van der Waals surface area contributed by atoms with Gasteiger partial charge in [-0.15, -0.1) is 0 Å². The van der Waals surface area contributed by atoms with Crippen LogP contribution in [0.15, 0.2) is 61.1 Å². The Balaban J connectivity index is 1.93. The lowest BCUT2D eigenvalue weighted by atomic mass is 10.1. The molecule has 24 heavy (non-hydrogen) atoms. The number of aromatic nitrogens is 4. The summed E-state index contributed by atoms with van der Waals surface area (Å²) in [4.78, 5) is 15.6. The normalized spacial score (nSPS) is 11.0. The molecular weight excluding hydrogens is 302 g/mol. The Morgan fingerprint density at radius 1 is 1.08 bits per heavy atom. The molecular formula is C18H15N5O. The molecule has 0 atom stereocenters. The first kappa shape index (κ1) is 14.2. The minimum atomic E-state index is -0.434. The lowest BCUT2D eigenvalue weighted by Gasteiger charge is -2.10. The van der Waals surface area contributed by atoms with Gasteiger partial charge < -0.3 is 10.3 Å². The number of hydrogen-bond donors (Lipinski definition) is 2. The lowest BCUT2D eigenvalue weighted by molar-refractivity contribution is 0.100. The third-order valence-electron chi connectivity index (χ3n) is 4.06. The van der Waals surface area contributed by atoms with Crippen LogP contribution < -0.4 is 5.73 Å². The summed E-state index contributed by atoms with van der Waals surface area (Å²) in [6.45, 7) is 0.655. The van der Waals surface area contributed by atoms with E-state index in [1.165, 1.54) is 0 Å². The Kier molecular flexibility index (Phi) is 3.35. The Labute approximate surface area is 137 Å². The average molecular weight is 317 g/mol. The van der Waals surface area contributed by atoms with Crippen LogP contribution in [-0.4, -0.2) is 25.7 Å². The van der Waals surface area contributed by atoms with Crippen LogP contribution >= 0.6 is 0 Å². The summed E-state index contributed by atoms with van der Waals surface area (Å²) in [5, 5.41) is 8.08. The molecule has 0 unspecified atom stereocenters. The van der Waals surface area contributed by atoms with Crippen LogP contribution in [0.25, 0.3) is 22.3 Å². The largest absolute Gasteiger partial charge is 0.366 e. The highest BCUT2D eigenvalue weighted by atomic mass is 16.1. The molecule has 0 aliphatic carbocycles. The van der Waals surface area contributed by atoms with E-state index in [0.717, 1.165) is 27.9 Å². The number of nitrogens with one attached hydrogen (secondary N) is 1. The Morgan fingerprint density at radius 3 is 2.62 bits per heavy atom. The summed E-state index contributed by atoms with van der Waals surface area (Å²) < 4.78 is 2.14. The van der Waals surface area contributed by atoms with Gasteiger partial charge >= 0.3 is 0 Å². The van der Waals surface area contributed by atoms with E-state index in [4.69, 9.17) is 5.73 Å². The third-order valence-corrected chi connectivity index (χ3v) is 4.06. The maximum Gasteiger partial charge on any atom is 0.248 e. The molecule has 1 amide bonds. The van der Waals surface area contributed by atoms with E-state index in [0.29, 0.717) is 12.1 Å². The summed E-state index contributed by atoms with van der Waals surface area (Å²) >= 11 is 0. The number of nitrogens with zero attached hydrogens (tertiary/aromatic N) is 3. The van der Waals surface area contributed by atoms with Gasteiger partial charge in [0.1, 0.15) is 0 Å². The molecule has 3 heterocycles. The van der Waals surface area contributed by atoms with Gasteiger partial charge in [0.15, 0.2) is 0 Å². The highest BCUT2D eigenvalue weighted by Gasteiger charge is 2.14. The number of aromatic amines is 1. The molecule has 3 N–H and O–H groups in total. The van der Waals surface area contributed by atoms with Gasteiger partial charge in [0, 0.05) is 41.6 Å². The van der Waals surface area contributed by atoms with Crippen molar-refractivity contribution in [2.45, 2.75) is 6.54 Å². The quantitative estimate of drug-likeness (QED) is 0.606. The highest BCUT2D eigenvalue weighted by molar-refractivity contribution is 5.98. The molecule has 0 bridgehead atoms. The van der Waals surface area contributed by atoms with Gasteiger partial charge in [-0.2, -0.15) is 5.10 Å². The number of nitrogens with two attached hydrogens (primary N) is 1. The molecule has 6 nitrogen and oxygen atoms in total. The smallest absolute Gasteiger partial charge is 0.248 e. The second kappa shape index (κ2) is 5.66. The van der Waals surface area contributed by atoms with E-state index < -0.39 is 5.91 Å². The molecule has 0 aliphatic rings. The zero-order valence-electron chi connectivity index (χ0n) is 12.8. The molecule has 0 fully saturated rings. The average Bonchev–Trinajstić information content (AvgIpc) is 3.23. The first-order valence-corrected chi connectivity index (χ1v) is 7.54. The molecule has 0 spiro atoms. The number of carbonyl (C=O) groups excluding carboxylic acids is 1. The van der Waals surface area contributed by atoms with Gasteiger partial charge in [-0.05, 0) is 42.0 Å². The number of pyridine rings is 1. The van der Waals surface area contributed by atoms with Crippen molar-refractivity contribution < 1.29 is 4.79 Å². The molecule has 4 rings (SSSR count). The van der Waals surface area contributed by atoms with Gasteiger partial charge in [-0.3, -0.25) is 14.9 Å². The van der Waals surface area contributed by atoms with Crippen LogP contribution in [0.1, 0.15) is 15.9 Å². The maximum absolute atomic E-state index is 11.5. The number of fused-ring (bicyclic) bond motifs is 1. The van der Waals surface area contributed by atoms with Crippen LogP contribution in [0.4, 0.5) is 0 Å². The molecule has 0 radical (unpaired) electrons. The molecule has 0 aliphatic heterocycles. The molecule has 0 saturated heterocycles. The monoisotopic (exact) mass is 317 g/mol. The summed E-state index contributed by atoms with van der Waals surface area (Å²) in [7, 11) is 0. The lowest BCUT2D eigenvalue weighted by Crippen LogP contribution is -2.11. The zero-order chi connectivity index (χ0) is 16.5. The van der Waals surface area contributed by atoms with E-state index in [-0.39, 0.29) is 0 Å². The molecule has 0 saturated carbocycles.